The number of fused-ring (bicyclic) bond motifs is 1. The van der Waals surface area contributed by atoms with Crippen molar-refractivity contribution < 1.29 is 14.3 Å². The van der Waals surface area contributed by atoms with E-state index in [0.29, 0.717) is 21.5 Å². The van der Waals surface area contributed by atoms with E-state index in [1.54, 1.807) is 24.3 Å². The Hall–Kier alpha value is -1.75. The normalized spacial score (nSPS) is 10.6. The van der Waals surface area contributed by atoms with E-state index in [1.165, 1.54) is 0 Å². The van der Waals surface area contributed by atoms with E-state index in [0.717, 1.165) is 15.2 Å². The van der Waals surface area contributed by atoms with E-state index in [-0.39, 0.29) is 6.61 Å². The van der Waals surface area contributed by atoms with Gasteiger partial charge in [-0.3, -0.25) is 0 Å². The Bertz CT molecular complexity index is 912. The molecule has 122 valence electrons. The zero-order valence-electron chi connectivity index (χ0n) is 12.3. The number of hydrogen-bond donors (Lipinski definition) is 0. The molecule has 0 radical (unpaired) electrons. The first-order valence-corrected chi connectivity index (χ1v) is 8.55. The van der Waals surface area contributed by atoms with Crippen molar-refractivity contribution in [1.82, 2.24) is 0 Å². The fraction of sp³-hybridized carbons (Fsp3) is 0.0556. The SMILES string of the molecule is O=C(COc1ccc(Cl)cc1Cl)Oc1ccc2ccccc2c1Br. The van der Waals surface area contributed by atoms with Crippen molar-refractivity contribution in [2.24, 2.45) is 0 Å². The first kappa shape index (κ1) is 17.1. The van der Waals surface area contributed by atoms with Gasteiger partial charge in [0.25, 0.3) is 0 Å². The molecule has 3 rings (SSSR count). The van der Waals surface area contributed by atoms with Crippen LogP contribution in [0.4, 0.5) is 0 Å². The van der Waals surface area contributed by atoms with E-state index in [2.05, 4.69) is 15.9 Å². The highest BCUT2D eigenvalue weighted by molar-refractivity contribution is 9.10. The van der Waals surface area contributed by atoms with Crippen molar-refractivity contribution in [1.29, 1.82) is 0 Å². The maximum atomic E-state index is 12.0. The van der Waals surface area contributed by atoms with Gasteiger partial charge in [0.2, 0.25) is 0 Å². The molecule has 0 aliphatic rings. The van der Waals surface area contributed by atoms with Crippen molar-refractivity contribution >= 4 is 55.9 Å². The molecule has 3 nitrogen and oxygen atoms in total. The molecule has 0 atom stereocenters. The third kappa shape index (κ3) is 3.83. The lowest BCUT2D eigenvalue weighted by molar-refractivity contribution is -0.136. The minimum atomic E-state index is -0.531. The fourth-order valence-electron chi connectivity index (χ4n) is 2.17. The summed E-state index contributed by atoms with van der Waals surface area (Å²) in [7, 11) is 0. The van der Waals surface area contributed by atoms with Crippen LogP contribution in [0.1, 0.15) is 0 Å². The maximum absolute atomic E-state index is 12.0. The van der Waals surface area contributed by atoms with E-state index in [4.69, 9.17) is 32.7 Å². The smallest absolute Gasteiger partial charge is 0.349 e. The van der Waals surface area contributed by atoms with Crippen molar-refractivity contribution in [3.8, 4) is 11.5 Å². The number of halogens is 3. The highest BCUT2D eigenvalue weighted by Crippen LogP contribution is 2.33. The van der Waals surface area contributed by atoms with Crippen LogP contribution in [0.15, 0.2) is 59.1 Å². The maximum Gasteiger partial charge on any atom is 0.349 e. The second-order valence-corrected chi connectivity index (χ2v) is 6.57. The molecule has 0 aliphatic carbocycles. The van der Waals surface area contributed by atoms with Crippen molar-refractivity contribution in [3.63, 3.8) is 0 Å². The number of carbonyl (C=O) groups is 1. The summed E-state index contributed by atoms with van der Waals surface area (Å²) in [5.74, 6) is 0.275. The molecule has 0 bridgehead atoms. The van der Waals surface area contributed by atoms with Crippen LogP contribution in [-0.4, -0.2) is 12.6 Å². The molecular formula is C18H11BrCl2O3. The fourth-order valence-corrected chi connectivity index (χ4v) is 3.21. The Morgan fingerprint density at radius 3 is 2.54 bits per heavy atom. The number of hydrogen-bond acceptors (Lipinski definition) is 3. The molecule has 6 heteroatoms. The average molecular weight is 426 g/mol. The summed E-state index contributed by atoms with van der Waals surface area (Å²) in [5.41, 5.74) is 0. The molecule has 0 heterocycles. The molecule has 0 amide bonds. The number of esters is 1. The van der Waals surface area contributed by atoms with Crippen molar-refractivity contribution in [2.75, 3.05) is 6.61 Å². The standard InChI is InChI=1S/C18H11BrCl2O3/c19-18-13-4-2-1-3-11(13)5-7-16(18)24-17(22)10-23-15-8-6-12(20)9-14(15)21/h1-9H,10H2. The van der Waals surface area contributed by atoms with Crippen LogP contribution in [0, 0.1) is 0 Å². The van der Waals surface area contributed by atoms with Crippen LogP contribution in [0.5, 0.6) is 11.5 Å². The molecule has 0 N–H and O–H groups in total. The Morgan fingerprint density at radius 1 is 1.00 bits per heavy atom. The molecule has 0 aliphatic heterocycles. The van der Waals surface area contributed by atoms with Crippen LogP contribution >= 0.6 is 39.1 Å². The highest BCUT2D eigenvalue weighted by atomic mass is 79.9. The largest absolute Gasteiger partial charge is 0.480 e. The van der Waals surface area contributed by atoms with E-state index in [1.807, 2.05) is 30.3 Å². The Kier molecular flexibility index (Phi) is 5.29. The summed E-state index contributed by atoms with van der Waals surface area (Å²) in [5, 5.41) is 2.84. The average Bonchev–Trinajstić information content (AvgIpc) is 2.57. The lowest BCUT2D eigenvalue weighted by atomic mass is 10.1. The van der Waals surface area contributed by atoms with Gasteiger partial charge in [-0.25, -0.2) is 4.79 Å². The van der Waals surface area contributed by atoms with Crippen LogP contribution in [0.25, 0.3) is 10.8 Å². The Balaban J connectivity index is 1.70. The van der Waals surface area contributed by atoms with Gasteiger partial charge >= 0.3 is 5.97 Å². The predicted octanol–water partition coefficient (Wildman–Crippen LogP) is 5.89. The van der Waals surface area contributed by atoms with E-state index >= 15 is 0 Å². The second-order valence-electron chi connectivity index (χ2n) is 4.94. The summed E-state index contributed by atoms with van der Waals surface area (Å²) in [4.78, 5) is 12.0. The molecule has 3 aromatic rings. The Labute approximate surface area is 157 Å². The van der Waals surface area contributed by atoms with Crippen LogP contribution in [0.2, 0.25) is 10.0 Å². The third-order valence-corrected chi connectivity index (χ3v) is 4.64. The van der Waals surface area contributed by atoms with Gasteiger partial charge in [-0.15, -0.1) is 0 Å². The molecule has 0 spiro atoms. The number of ether oxygens (including phenoxy) is 2. The van der Waals surface area contributed by atoms with Gasteiger partial charge < -0.3 is 9.47 Å². The summed E-state index contributed by atoms with van der Waals surface area (Å²) in [6.45, 7) is -0.263. The van der Waals surface area contributed by atoms with Crippen LogP contribution in [-0.2, 0) is 4.79 Å². The van der Waals surface area contributed by atoms with Gasteiger partial charge in [-0.2, -0.15) is 0 Å². The highest BCUT2D eigenvalue weighted by Gasteiger charge is 2.12. The van der Waals surface area contributed by atoms with Crippen LogP contribution < -0.4 is 9.47 Å². The number of benzene rings is 3. The lowest BCUT2D eigenvalue weighted by Crippen LogP contribution is -2.18. The first-order valence-electron chi connectivity index (χ1n) is 7.00. The van der Waals surface area contributed by atoms with Gasteiger partial charge in [0.05, 0.1) is 9.50 Å². The summed E-state index contributed by atoms with van der Waals surface area (Å²) < 4.78 is 11.5. The zero-order valence-corrected chi connectivity index (χ0v) is 15.4. The van der Waals surface area contributed by atoms with Gasteiger partial charge in [0.15, 0.2) is 6.61 Å². The number of carbonyl (C=O) groups excluding carboxylic acids is 1. The van der Waals surface area contributed by atoms with Crippen molar-refractivity contribution in [3.05, 3.63) is 69.1 Å². The molecule has 0 aromatic heterocycles. The van der Waals surface area contributed by atoms with Gasteiger partial charge in [0.1, 0.15) is 11.5 Å². The zero-order chi connectivity index (χ0) is 17.1. The topological polar surface area (TPSA) is 35.5 Å². The quantitative estimate of drug-likeness (QED) is 0.386. The summed E-state index contributed by atoms with van der Waals surface area (Å²) in [6.07, 6.45) is 0. The molecule has 3 aromatic carbocycles. The third-order valence-electron chi connectivity index (χ3n) is 3.29. The van der Waals surface area contributed by atoms with Crippen LogP contribution in [0.3, 0.4) is 0 Å². The van der Waals surface area contributed by atoms with Gasteiger partial charge in [-0.05, 0) is 51.0 Å². The van der Waals surface area contributed by atoms with E-state index in [9.17, 15) is 4.79 Å². The van der Waals surface area contributed by atoms with E-state index < -0.39 is 5.97 Å². The predicted molar refractivity (Wildman–Crippen MR) is 99.2 cm³/mol. The molecule has 0 unspecified atom stereocenters. The van der Waals surface area contributed by atoms with Gasteiger partial charge in [0, 0.05) is 5.02 Å². The summed E-state index contributed by atoms with van der Waals surface area (Å²) in [6, 6.07) is 16.2. The molecule has 0 saturated heterocycles. The second kappa shape index (κ2) is 7.43. The molecular weight excluding hydrogens is 415 g/mol. The minimum Gasteiger partial charge on any atom is -0.480 e. The minimum absolute atomic E-state index is 0.263. The summed E-state index contributed by atoms with van der Waals surface area (Å²) >= 11 is 15.3. The van der Waals surface area contributed by atoms with Gasteiger partial charge in [-0.1, -0.05) is 53.5 Å². The monoisotopic (exact) mass is 424 g/mol. The first-order chi connectivity index (χ1) is 11.5. The Morgan fingerprint density at radius 2 is 1.75 bits per heavy atom. The van der Waals surface area contributed by atoms with Crippen molar-refractivity contribution in [2.45, 2.75) is 0 Å². The molecule has 0 fully saturated rings. The molecule has 24 heavy (non-hydrogen) atoms. The molecule has 0 saturated carbocycles. The lowest BCUT2D eigenvalue weighted by Gasteiger charge is -2.10. The number of rotatable bonds is 4.